The molecule has 1 saturated carbocycles. The molecule has 0 aliphatic heterocycles. The highest BCUT2D eigenvalue weighted by atomic mass is 19.4. The second kappa shape index (κ2) is 9.87. The lowest BCUT2D eigenvalue weighted by Gasteiger charge is -2.28. The van der Waals surface area contributed by atoms with Crippen molar-refractivity contribution in [2.24, 2.45) is 5.41 Å². The summed E-state index contributed by atoms with van der Waals surface area (Å²) in [7, 11) is 0. The summed E-state index contributed by atoms with van der Waals surface area (Å²) in [6, 6.07) is 25.4. The number of pyridine rings is 1. The van der Waals surface area contributed by atoms with Gasteiger partial charge in [0.25, 0.3) is 0 Å². The largest absolute Gasteiger partial charge is 0.394 e. The van der Waals surface area contributed by atoms with E-state index in [9.17, 15) is 13.2 Å². The highest BCUT2D eigenvalue weighted by Gasteiger charge is 2.47. The lowest BCUT2D eigenvalue weighted by atomic mass is 9.80. The van der Waals surface area contributed by atoms with Crippen LogP contribution in [0, 0.1) is 19.1 Å². The maximum atomic E-state index is 14.1. The monoisotopic (exact) mass is 602 g/mol. The maximum absolute atomic E-state index is 14.1. The summed E-state index contributed by atoms with van der Waals surface area (Å²) in [6.07, 6.45) is 3.86. The summed E-state index contributed by atoms with van der Waals surface area (Å²) in [5.41, 5.74) is 6.74. The summed E-state index contributed by atoms with van der Waals surface area (Å²) in [4.78, 5) is 0. The Bertz CT molecular complexity index is 2330. The van der Waals surface area contributed by atoms with Crippen LogP contribution < -0.4 is 8.64 Å². The molecule has 0 saturated heterocycles. The zero-order valence-electron chi connectivity index (χ0n) is 26.1. The van der Waals surface area contributed by atoms with Gasteiger partial charge >= 0.3 is 6.18 Å². The van der Waals surface area contributed by atoms with Gasteiger partial charge in [-0.1, -0.05) is 117 Å². The molecule has 0 atom stereocenters. The SMILES string of the molecule is C=[n+]1ccc2c3ccc(CC(C)(C)C(F)(F)F)c4c5ccccc5[n+](c34)[c-]2[c-]1-c1cc(C2CCCCC2)c2ccccc2c1C. The molecule has 0 bridgehead atoms. The Labute approximate surface area is 260 Å². The van der Waals surface area contributed by atoms with Crippen molar-refractivity contribution in [2.45, 2.75) is 71.4 Å². The molecular formula is C40H37F3N2. The van der Waals surface area contributed by atoms with Crippen LogP contribution in [0.5, 0.6) is 0 Å². The van der Waals surface area contributed by atoms with Gasteiger partial charge in [0.1, 0.15) is 5.52 Å². The van der Waals surface area contributed by atoms with Gasteiger partial charge in [0.2, 0.25) is 0 Å². The van der Waals surface area contributed by atoms with E-state index in [1.807, 2.05) is 34.7 Å². The molecule has 228 valence electrons. The summed E-state index contributed by atoms with van der Waals surface area (Å²) in [6.45, 7) is 9.32. The Balaban J connectivity index is 1.49. The molecule has 1 aliphatic rings. The third kappa shape index (κ3) is 4.09. The van der Waals surface area contributed by atoms with Crippen molar-refractivity contribution in [3.05, 3.63) is 102 Å². The first-order valence-corrected chi connectivity index (χ1v) is 16.1. The van der Waals surface area contributed by atoms with Crippen LogP contribution in [0.15, 0.2) is 79.0 Å². The van der Waals surface area contributed by atoms with Gasteiger partial charge in [-0.25, -0.2) is 4.40 Å². The van der Waals surface area contributed by atoms with Crippen LogP contribution in [-0.2, 0) is 6.42 Å². The molecule has 1 fully saturated rings. The van der Waals surface area contributed by atoms with Gasteiger partial charge in [0, 0.05) is 10.8 Å². The fourth-order valence-electron chi connectivity index (χ4n) is 8.19. The normalized spacial score (nSPS) is 15.4. The van der Waals surface area contributed by atoms with Gasteiger partial charge in [-0.3, -0.25) is 4.24 Å². The molecule has 0 amide bonds. The van der Waals surface area contributed by atoms with Gasteiger partial charge in [-0.2, -0.15) is 13.2 Å². The number of hydrogen-bond acceptors (Lipinski definition) is 0. The quantitative estimate of drug-likeness (QED) is 0.140. The summed E-state index contributed by atoms with van der Waals surface area (Å²) >= 11 is 0. The minimum atomic E-state index is -4.31. The van der Waals surface area contributed by atoms with E-state index < -0.39 is 11.6 Å². The first-order valence-electron chi connectivity index (χ1n) is 16.1. The first-order chi connectivity index (χ1) is 21.6. The Morgan fingerprint density at radius 1 is 0.844 bits per heavy atom. The summed E-state index contributed by atoms with van der Waals surface area (Å²) < 4.78 is 46.7. The number of alkyl halides is 3. The Morgan fingerprint density at radius 3 is 2.27 bits per heavy atom. The molecule has 4 aromatic carbocycles. The number of aryl methyl sites for hydroxylation is 1. The number of halogens is 3. The molecule has 0 spiro atoms. The molecule has 0 unspecified atom stereocenters. The third-order valence-electron chi connectivity index (χ3n) is 10.6. The van der Waals surface area contributed by atoms with Gasteiger partial charge in [-0.15, -0.1) is 11.6 Å². The van der Waals surface area contributed by atoms with Gasteiger partial charge < -0.3 is 0 Å². The van der Waals surface area contributed by atoms with Gasteiger partial charge in [-0.05, 0) is 53.0 Å². The lowest BCUT2D eigenvalue weighted by molar-refractivity contribution is -0.497. The van der Waals surface area contributed by atoms with Crippen LogP contribution >= 0.6 is 0 Å². The van der Waals surface area contributed by atoms with Gasteiger partial charge in [0.15, 0.2) is 16.7 Å². The molecule has 0 radical (unpaired) electrons. The van der Waals surface area contributed by atoms with Crippen molar-refractivity contribution in [1.29, 1.82) is 0 Å². The van der Waals surface area contributed by atoms with Crippen molar-refractivity contribution in [1.82, 2.24) is 0 Å². The molecule has 3 heterocycles. The van der Waals surface area contributed by atoms with Crippen LogP contribution in [0.2, 0.25) is 0 Å². The van der Waals surface area contributed by atoms with Crippen LogP contribution in [0.3, 0.4) is 0 Å². The van der Waals surface area contributed by atoms with Crippen molar-refractivity contribution in [2.75, 3.05) is 0 Å². The molecule has 8 rings (SSSR count). The molecule has 45 heavy (non-hydrogen) atoms. The molecule has 0 N–H and O–H groups in total. The number of hydrogen-bond donors (Lipinski definition) is 0. The van der Waals surface area contributed by atoms with Crippen LogP contribution in [-0.4, -0.2) is 6.18 Å². The van der Waals surface area contributed by atoms with Crippen molar-refractivity contribution in [3.63, 3.8) is 0 Å². The average Bonchev–Trinajstić information content (AvgIpc) is 3.54. The lowest BCUT2D eigenvalue weighted by Crippen LogP contribution is -2.34. The average molecular weight is 603 g/mol. The minimum Gasteiger partial charge on any atom is -0.266 e. The van der Waals surface area contributed by atoms with Crippen molar-refractivity contribution in [3.8, 4) is 11.3 Å². The smallest absolute Gasteiger partial charge is 0.266 e. The summed E-state index contributed by atoms with van der Waals surface area (Å²) in [5, 5.41) is 6.64. The molecular weight excluding hydrogens is 565 g/mol. The van der Waals surface area contributed by atoms with E-state index in [0.717, 1.165) is 49.4 Å². The molecule has 2 nitrogen and oxygen atoms in total. The second-order valence-corrected chi connectivity index (χ2v) is 13.8. The molecule has 7 aromatic rings. The van der Waals surface area contributed by atoms with E-state index in [2.05, 4.69) is 66.6 Å². The van der Waals surface area contributed by atoms with Crippen LogP contribution in [0.25, 0.3) is 60.1 Å². The van der Waals surface area contributed by atoms with E-state index in [0.29, 0.717) is 5.92 Å². The topological polar surface area (TPSA) is 10.0 Å². The second-order valence-electron chi connectivity index (χ2n) is 13.8. The zero-order chi connectivity index (χ0) is 31.2. The van der Waals surface area contributed by atoms with Gasteiger partial charge in [0.05, 0.1) is 18.3 Å². The molecule has 5 heteroatoms. The zero-order valence-corrected chi connectivity index (χ0v) is 26.1. The highest BCUT2D eigenvalue weighted by molar-refractivity contribution is 6.20. The first kappa shape index (κ1) is 28.2. The number of nitrogens with zero attached hydrogens (tertiary/aromatic N) is 2. The Hall–Kier alpha value is -4.25. The predicted molar refractivity (Wildman–Crippen MR) is 177 cm³/mol. The maximum Gasteiger partial charge on any atom is 0.394 e. The Kier molecular flexibility index (Phi) is 6.20. The number of benzene rings is 4. The third-order valence-corrected chi connectivity index (χ3v) is 10.6. The molecule has 1 aliphatic carbocycles. The number of para-hydroxylation sites is 1. The minimum absolute atomic E-state index is 0.0889. The fourth-order valence-corrected chi connectivity index (χ4v) is 8.19. The highest BCUT2D eigenvalue weighted by Crippen LogP contribution is 2.45. The number of aromatic nitrogens is 2. The van der Waals surface area contributed by atoms with E-state index in [-0.39, 0.29) is 6.42 Å². The van der Waals surface area contributed by atoms with Crippen LogP contribution in [0.1, 0.15) is 68.6 Å². The molecule has 3 aromatic heterocycles. The Morgan fingerprint density at radius 2 is 1.53 bits per heavy atom. The van der Waals surface area contributed by atoms with E-state index in [4.69, 9.17) is 0 Å². The van der Waals surface area contributed by atoms with E-state index in [1.165, 1.54) is 73.4 Å². The van der Waals surface area contributed by atoms with Crippen LogP contribution in [0.4, 0.5) is 13.2 Å². The van der Waals surface area contributed by atoms with E-state index in [1.54, 1.807) is 0 Å². The van der Waals surface area contributed by atoms with E-state index >= 15 is 0 Å². The standard InChI is InChI=1S/C40H37F3N2/c1-24-27-14-8-9-15-28(27)33(25-12-6-5-7-13-25)22-32(24)37-38-30(20-21-44(37)4)29-19-18-26(23-39(2,3)40(41,42)43)35-31-16-10-11-17-34(31)45(38)36(29)35/h8-11,14-22,25H,4-7,12-13,23H2,1-3H3. The van der Waals surface area contributed by atoms with Crippen molar-refractivity contribution < 1.29 is 21.8 Å². The number of fused-ring (bicyclic) bond motifs is 7. The fraction of sp³-hybridized carbons (Fsp3) is 0.300. The summed E-state index contributed by atoms with van der Waals surface area (Å²) in [5.74, 6) is 0.522. The van der Waals surface area contributed by atoms with Crippen molar-refractivity contribution >= 4 is 48.9 Å². The number of rotatable bonds is 4. The predicted octanol–water partition coefficient (Wildman–Crippen LogP) is 10.3.